The Kier molecular flexibility index (Phi) is 3.43. The van der Waals surface area contributed by atoms with Gasteiger partial charge in [-0.3, -0.25) is 14.8 Å². The van der Waals surface area contributed by atoms with Crippen LogP contribution >= 0.6 is 0 Å². The fourth-order valence-electron chi connectivity index (χ4n) is 2.33. The highest BCUT2D eigenvalue weighted by Gasteiger charge is 2.16. The zero-order valence-corrected chi connectivity index (χ0v) is 11.2. The van der Waals surface area contributed by atoms with Crippen molar-refractivity contribution in [1.29, 1.82) is 0 Å². The SMILES string of the molecule is NC(=O)c1cccc(-c2cnccn2)c1-c1ccccc1. The van der Waals surface area contributed by atoms with Crippen molar-refractivity contribution in [3.63, 3.8) is 0 Å². The number of nitrogens with two attached hydrogens (primary N) is 1. The maximum Gasteiger partial charge on any atom is 0.249 e. The molecule has 0 unspecified atom stereocenters. The van der Waals surface area contributed by atoms with Gasteiger partial charge in [0.1, 0.15) is 0 Å². The van der Waals surface area contributed by atoms with E-state index >= 15 is 0 Å². The van der Waals surface area contributed by atoms with Gasteiger partial charge in [-0.1, -0.05) is 42.5 Å². The van der Waals surface area contributed by atoms with Gasteiger partial charge in [0, 0.05) is 29.1 Å². The normalized spacial score (nSPS) is 10.3. The molecule has 1 aromatic heterocycles. The van der Waals surface area contributed by atoms with Crippen LogP contribution in [0, 0.1) is 0 Å². The van der Waals surface area contributed by atoms with Crippen LogP contribution in [0.2, 0.25) is 0 Å². The van der Waals surface area contributed by atoms with Crippen LogP contribution in [0.25, 0.3) is 22.4 Å². The summed E-state index contributed by atoms with van der Waals surface area (Å²) < 4.78 is 0. The molecule has 0 atom stereocenters. The summed E-state index contributed by atoms with van der Waals surface area (Å²) in [5.74, 6) is -0.459. The van der Waals surface area contributed by atoms with Gasteiger partial charge in [-0.2, -0.15) is 0 Å². The molecule has 3 rings (SSSR count). The summed E-state index contributed by atoms with van der Waals surface area (Å²) in [5.41, 5.74) is 9.25. The highest BCUT2D eigenvalue weighted by Crippen LogP contribution is 2.33. The van der Waals surface area contributed by atoms with Crippen LogP contribution in [0.5, 0.6) is 0 Å². The Morgan fingerprint density at radius 3 is 2.43 bits per heavy atom. The maximum atomic E-state index is 11.8. The Morgan fingerprint density at radius 2 is 1.76 bits per heavy atom. The van der Waals surface area contributed by atoms with Crippen LogP contribution in [-0.2, 0) is 0 Å². The molecule has 0 radical (unpaired) electrons. The summed E-state index contributed by atoms with van der Waals surface area (Å²) in [6.07, 6.45) is 4.91. The monoisotopic (exact) mass is 275 g/mol. The van der Waals surface area contributed by atoms with E-state index in [4.69, 9.17) is 5.73 Å². The van der Waals surface area contributed by atoms with Crippen molar-refractivity contribution < 1.29 is 4.79 Å². The lowest BCUT2D eigenvalue weighted by Gasteiger charge is -2.12. The minimum absolute atomic E-state index is 0.459. The molecule has 3 aromatic rings. The number of amides is 1. The minimum atomic E-state index is -0.459. The molecular formula is C17H13N3O. The van der Waals surface area contributed by atoms with Crippen LogP contribution < -0.4 is 5.73 Å². The number of benzene rings is 2. The summed E-state index contributed by atoms with van der Waals surface area (Å²) in [4.78, 5) is 20.2. The Bertz CT molecular complexity index is 771. The van der Waals surface area contributed by atoms with Crippen molar-refractivity contribution in [2.45, 2.75) is 0 Å². The van der Waals surface area contributed by atoms with Gasteiger partial charge in [-0.15, -0.1) is 0 Å². The Morgan fingerprint density at radius 1 is 0.952 bits per heavy atom. The van der Waals surface area contributed by atoms with Gasteiger partial charge in [0.25, 0.3) is 0 Å². The second-order valence-corrected chi connectivity index (χ2v) is 4.55. The van der Waals surface area contributed by atoms with Crippen molar-refractivity contribution in [2.24, 2.45) is 5.73 Å². The van der Waals surface area contributed by atoms with Gasteiger partial charge in [0.15, 0.2) is 0 Å². The van der Waals surface area contributed by atoms with Gasteiger partial charge in [-0.05, 0) is 11.6 Å². The van der Waals surface area contributed by atoms with E-state index in [0.29, 0.717) is 11.3 Å². The molecule has 2 N–H and O–H groups in total. The van der Waals surface area contributed by atoms with Crippen LogP contribution in [0.4, 0.5) is 0 Å². The number of rotatable bonds is 3. The number of carbonyl (C=O) groups is 1. The Labute approximate surface area is 122 Å². The van der Waals surface area contributed by atoms with Gasteiger partial charge in [0.05, 0.1) is 11.9 Å². The summed E-state index contributed by atoms with van der Waals surface area (Å²) in [5, 5.41) is 0. The molecule has 2 aromatic carbocycles. The Balaban J connectivity index is 2.31. The molecule has 102 valence electrons. The number of nitrogens with zero attached hydrogens (tertiary/aromatic N) is 2. The van der Waals surface area contributed by atoms with Gasteiger partial charge in [-0.25, -0.2) is 0 Å². The average molecular weight is 275 g/mol. The number of hydrogen-bond donors (Lipinski definition) is 1. The molecule has 4 heteroatoms. The van der Waals surface area contributed by atoms with E-state index < -0.39 is 5.91 Å². The molecule has 0 aliphatic carbocycles. The predicted octanol–water partition coefficient (Wildman–Crippen LogP) is 2.91. The predicted molar refractivity (Wildman–Crippen MR) is 81.4 cm³/mol. The first-order valence-electron chi connectivity index (χ1n) is 6.52. The minimum Gasteiger partial charge on any atom is -0.366 e. The highest BCUT2D eigenvalue weighted by atomic mass is 16.1. The van der Waals surface area contributed by atoms with E-state index in [9.17, 15) is 4.79 Å². The van der Waals surface area contributed by atoms with E-state index in [-0.39, 0.29) is 0 Å². The van der Waals surface area contributed by atoms with Crippen LogP contribution in [0.15, 0.2) is 67.1 Å². The standard InChI is InChI=1S/C17H13N3O/c18-17(21)14-8-4-7-13(15-11-19-9-10-20-15)16(14)12-5-2-1-3-6-12/h1-11H,(H2,18,21). The Hall–Kier alpha value is -3.01. The zero-order valence-electron chi connectivity index (χ0n) is 11.2. The second-order valence-electron chi connectivity index (χ2n) is 4.55. The molecule has 0 bridgehead atoms. The first kappa shape index (κ1) is 13.0. The molecule has 0 spiro atoms. The molecule has 0 saturated carbocycles. The van der Waals surface area contributed by atoms with Gasteiger partial charge < -0.3 is 5.73 Å². The van der Waals surface area contributed by atoms with E-state index in [1.165, 1.54) is 0 Å². The quantitative estimate of drug-likeness (QED) is 0.799. The number of hydrogen-bond acceptors (Lipinski definition) is 3. The van der Waals surface area contributed by atoms with Gasteiger partial charge >= 0.3 is 0 Å². The summed E-state index contributed by atoms with van der Waals surface area (Å²) in [6.45, 7) is 0. The summed E-state index contributed by atoms with van der Waals surface area (Å²) >= 11 is 0. The lowest BCUT2D eigenvalue weighted by atomic mass is 9.92. The van der Waals surface area contributed by atoms with Crippen molar-refractivity contribution in [1.82, 2.24) is 9.97 Å². The van der Waals surface area contributed by atoms with E-state index in [2.05, 4.69) is 9.97 Å². The average Bonchev–Trinajstić information content (AvgIpc) is 2.55. The van der Waals surface area contributed by atoms with Crippen molar-refractivity contribution in [3.8, 4) is 22.4 Å². The largest absolute Gasteiger partial charge is 0.366 e. The first-order chi connectivity index (χ1) is 10.3. The third-order valence-electron chi connectivity index (χ3n) is 3.23. The van der Waals surface area contributed by atoms with Gasteiger partial charge in [0.2, 0.25) is 5.91 Å². The second kappa shape index (κ2) is 5.54. The van der Waals surface area contributed by atoms with E-state index in [1.807, 2.05) is 36.4 Å². The molecule has 1 heterocycles. The molecule has 4 nitrogen and oxygen atoms in total. The summed E-state index contributed by atoms with van der Waals surface area (Å²) in [6, 6.07) is 15.1. The molecule has 0 fully saturated rings. The molecule has 21 heavy (non-hydrogen) atoms. The fraction of sp³-hybridized carbons (Fsp3) is 0. The number of carbonyl (C=O) groups excluding carboxylic acids is 1. The zero-order chi connectivity index (χ0) is 14.7. The van der Waals surface area contributed by atoms with Crippen molar-refractivity contribution >= 4 is 5.91 Å². The summed E-state index contributed by atoms with van der Waals surface area (Å²) in [7, 11) is 0. The smallest absolute Gasteiger partial charge is 0.249 e. The van der Waals surface area contributed by atoms with E-state index in [1.54, 1.807) is 30.7 Å². The van der Waals surface area contributed by atoms with E-state index in [0.717, 1.165) is 16.7 Å². The lowest BCUT2D eigenvalue weighted by molar-refractivity contribution is 0.100. The van der Waals surface area contributed by atoms with Crippen molar-refractivity contribution in [2.75, 3.05) is 0 Å². The third kappa shape index (κ3) is 2.51. The molecule has 0 aliphatic rings. The fourth-order valence-corrected chi connectivity index (χ4v) is 2.33. The van der Waals surface area contributed by atoms with Crippen LogP contribution in [-0.4, -0.2) is 15.9 Å². The van der Waals surface area contributed by atoms with Crippen LogP contribution in [0.1, 0.15) is 10.4 Å². The first-order valence-corrected chi connectivity index (χ1v) is 6.52. The number of primary amides is 1. The molecule has 0 aliphatic heterocycles. The maximum absolute atomic E-state index is 11.8. The van der Waals surface area contributed by atoms with Crippen molar-refractivity contribution in [3.05, 3.63) is 72.7 Å². The molecule has 0 saturated heterocycles. The number of aromatic nitrogens is 2. The highest BCUT2D eigenvalue weighted by molar-refractivity contribution is 6.03. The molecular weight excluding hydrogens is 262 g/mol. The van der Waals surface area contributed by atoms with Crippen LogP contribution in [0.3, 0.4) is 0 Å². The topological polar surface area (TPSA) is 68.9 Å². The third-order valence-corrected chi connectivity index (χ3v) is 3.23. The molecule has 1 amide bonds. The lowest BCUT2D eigenvalue weighted by Crippen LogP contribution is -2.13.